The number of aliphatic hydroxyl groups excluding tert-OH is 1. The normalized spacial score (nSPS) is 18.3. The van der Waals surface area contributed by atoms with E-state index in [1.54, 1.807) is 10.9 Å². The van der Waals surface area contributed by atoms with Gasteiger partial charge in [0, 0.05) is 24.9 Å². The summed E-state index contributed by atoms with van der Waals surface area (Å²) in [5.41, 5.74) is 5.40. The minimum Gasteiger partial charge on any atom is -0.481 e. The summed E-state index contributed by atoms with van der Waals surface area (Å²) in [7, 11) is 0. The maximum atomic E-state index is 12.0. The molecule has 0 bridgehead atoms. The molecule has 3 aromatic carbocycles. The molecular formula is C32H31Cl2N3O6. The van der Waals surface area contributed by atoms with Gasteiger partial charge in [-0.3, -0.25) is 9.59 Å². The van der Waals surface area contributed by atoms with Gasteiger partial charge in [-0.25, -0.2) is 4.98 Å². The van der Waals surface area contributed by atoms with Crippen molar-refractivity contribution in [1.29, 1.82) is 0 Å². The number of carboxylic acids is 1. The van der Waals surface area contributed by atoms with Gasteiger partial charge in [-0.15, -0.1) is 0 Å². The molecule has 0 saturated carbocycles. The number of halogens is 2. The zero-order valence-corrected chi connectivity index (χ0v) is 24.7. The van der Waals surface area contributed by atoms with Gasteiger partial charge in [-0.05, 0) is 39.9 Å². The summed E-state index contributed by atoms with van der Waals surface area (Å²) in [6, 6.07) is 23.4. The van der Waals surface area contributed by atoms with Gasteiger partial charge in [0.2, 0.25) is 5.91 Å². The summed E-state index contributed by atoms with van der Waals surface area (Å²) >= 11 is 12.4. The van der Waals surface area contributed by atoms with Crippen LogP contribution in [0.4, 0.5) is 0 Å². The molecule has 5 rings (SSSR count). The highest BCUT2D eigenvalue weighted by Crippen LogP contribution is 2.39. The van der Waals surface area contributed by atoms with Gasteiger partial charge in [-0.1, -0.05) is 83.9 Å². The van der Waals surface area contributed by atoms with E-state index >= 15 is 0 Å². The standard InChI is InChI=1S/C32H31Cl2N3O6/c33-30-31(34)37(19-36-30)17-26-15-27(22-9-7-20(18-38)8-10-22)43-32(42-26)25-6-2-5-24(14-25)23-4-1-3-21(13-23)16-35-28(39)11-12-29(40)41/h1-10,13-14,19,26-27,32,38H,11-12,15-18H2,(H,35,39)(H,40,41)/t26-,27+,32+/m1/s1. The molecule has 0 spiro atoms. The van der Waals surface area contributed by atoms with Gasteiger partial charge in [0.05, 0.1) is 38.1 Å². The number of hydrogen-bond donors (Lipinski definition) is 3. The molecule has 43 heavy (non-hydrogen) atoms. The molecule has 1 aliphatic heterocycles. The summed E-state index contributed by atoms with van der Waals surface area (Å²) in [4.78, 5) is 26.8. The fourth-order valence-electron chi connectivity index (χ4n) is 4.96. The summed E-state index contributed by atoms with van der Waals surface area (Å²) in [5, 5.41) is 21.6. The van der Waals surface area contributed by atoms with Gasteiger partial charge < -0.3 is 29.6 Å². The first-order valence-corrected chi connectivity index (χ1v) is 14.6. The molecule has 3 atom stereocenters. The van der Waals surface area contributed by atoms with E-state index in [2.05, 4.69) is 10.3 Å². The Kier molecular flexibility index (Phi) is 10.1. The summed E-state index contributed by atoms with van der Waals surface area (Å²) in [6.45, 7) is 0.689. The van der Waals surface area contributed by atoms with Crippen LogP contribution in [-0.2, 0) is 38.8 Å². The highest BCUT2D eigenvalue weighted by Gasteiger charge is 2.33. The van der Waals surface area contributed by atoms with Crippen LogP contribution in [0.15, 0.2) is 79.1 Å². The quantitative estimate of drug-likeness (QED) is 0.185. The lowest BCUT2D eigenvalue weighted by atomic mass is 9.98. The number of amides is 1. The van der Waals surface area contributed by atoms with Crippen molar-refractivity contribution in [2.24, 2.45) is 0 Å². The first-order valence-electron chi connectivity index (χ1n) is 13.8. The Labute approximate surface area is 259 Å². The third-order valence-electron chi connectivity index (χ3n) is 7.22. The van der Waals surface area contributed by atoms with Crippen LogP contribution in [0.25, 0.3) is 11.1 Å². The number of nitrogens with zero attached hydrogens (tertiary/aromatic N) is 2. The van der Waals surface area contributed by atoms with Gasteiger partial charge >= 0.3 is 5.97 Å². The van der Waals surface area contributed by atoms with Crippen LogP contribution in [0.3, 0.4) is 0 Å². The van der Waals surface area contributed by atoms with E-state index < -0.39 is 12.3 Å². The van der Waals surface area contributed by atoms with Crippen LogP contribution in [0.1, 0.15) is 53.9 Å². The predicted molar refractivity (Wildman–Crippen MR) is 161 cm³/mol. The Bertz CT molecular complexity index is 1580. The molecule has 0 unspecified atom stereocenters. The van der Waals surface area contributed by atoms with Crippen molar-refractivity contribution in [2.75, 3.05) is 0 Å². The minimum absolute atomic E-state index is 0.0366. The van der Waals surface area contributed by atoms with E-state index in [-0.39, 0.29) is 42.7 Å². The highest BCUT2D eigenvalue weighted by atomic mass is 35.5. The van der Waals surface area contributed by atoms with E-state index in [1.165, 1.54) is 0 Å². The SMILES string of the molecule is O=C(O)CCC(=O)NCc1cccc(-c2cccc([C@H]3O[C@@H](Cn4cnc(Cl)c4Cl)C[C@@H](c4ccc(CO)cc4)O3)c2)c1. The Morgan fingerprint density at radius 3 is 2.37 bits per heavy atom. The topological polar surface area (TPSA) is 123 Å². The average Bonchev–Trinajstić information content (AvgIpc) is 3.35. The molecule has 0 aliphatic carbocycles. The molecule has 1 aliphatic rings. The molecule has 9 nitrogen and oxygen atoms in total. The lowest BCUT2D eigenvalue weighted by molar-refractivity contribution is -0.252. The van der Waals surface area contributed by atoms with Crippen molar-refractivity contribution in [2.45, 2.75) is 57.5 Å². The second-order valence-corrected chi connectivity index (χ2v) is 11.0. The number of aliphatic hydroxyl groups is 1. The van der Waals surface area contributed by atoms with Crippen LogP contribution in [0.2, 0.25) is 10.3 Å². The number of imidazole rings is 1. The van der Waals surface area contributed by atoms with Gasteiger partial charge in [-0.2, -0.15) is 0 Å². The van der Waals surface area contributed by atoms with Crippen LogP contribution in [-0.4, -0.2) is 37.7 Å². The maximum Gasteiger partial charge on any atom is 0.303 e. The van der Waals surface area contributed by atoms with Crippen molar-refractivity contribution < 1.29 is 29.3 Å². The van der Waals surface area contributed by atoms with Crippen LogP contribution in [0, 0.1) is 0 Å². The second-order valence-electron chi connectivity index (χ2n) is 10.3. The Hall–Kier alpha value is -3.73. The van der Waals surface area contributed by atoms with E-state index in [9.17, 15) is 14.7 Å². The number of benzene rings is 3. The molecule has 0 radical (unpaired) electrons. The van der Waals surface area contributed by atoms with Crippen LogP contribution < -0.4 is 5.32 Å². The maximum absolute atomic E-state index is 12.0. The van der Waals surface area contributed by atoms with Crippen LogP contribution >= 0.6 is 23.2 Å². The number of carbonyl (C=O) groups is 2. The van der Waals surface area contributed by atoms with Gasteiger partial charge in [0.15, 0.2) is 11.4 Å². The number of ether oxygens (including phenoxy) is 2. The zero-order valence-electron chi connectivity index (χ0n) is 23.2. The molecular weight excluding hydrogens is 593 g/mol. The Morgan fingerprint density at radius 2 is 1.67 bits per heavy atom. The molecule has 224 valence electrons. The molecule has 1 aromatic heterocycles. The van der Waals surface area contributed by atoms with Gasteiger partial charge in [0.25, 0.3) is 0 Å². The Morgan fingerprint density at radius 1 is 0.930 bits per heavy atom. The van der Waals surface area contributed by atoms with Crippen molar-refractivity contribution in [1.82, 2.24) is 14.9 Å². The van der Waals surface area contributed by atoms with Crippen molar-refractivity contribution in [3.05, 3.63) is 112 Å². The Balaban J connectivity index is 1.36. The van der Waals surface area contributed by atoms with E-state index in [0.717, 1.165) is 33.4 Å². The lowest BCUT2D eigenvalue weighted by Gasteiger charge is -2.36. The fraction of sp³-hybridized carbons (Fsp3) is 0.281. The molecule has 1 saturated heterocycles. The minimum atomic E-state index is -1.00. The van der Waals surface area contributed by atoms with Crippen molar-refractivity contribution in [3.8, 4) is 11.1 Å². The number of carboxylic acid groups (broad SMARTS) is 1. The van der Waals surface area contributed by atoms with E-state index in [1.807, 2.05) is 72.8 Å². The van der Waals surface area contributed by atoms with E-state index in [4.69, 9.17) is 37.8 Å². The number of rotatable bonds is 11. The molecule has 2 heterocycles. The average molecular weight is 625 g/mol. The summed E-state index contributed by atoms with van der Waals surface area (Å²) in [5.74, 6) is -1.31. The van der Waals surface area contributed by atoms with Crippen molar-refractivity contribution in [3.63, 3.8) is 0 Å². The van der Waals surface area contributed by atoms with E-state index in [0.29, 0.717) is 24.7 Å². The summed E-state index contributed by atoms with van der Waals surface area (Å²) < 4.78 is 14.7. The second kappa shape index (κ2) is 14.2. The third-order valence-corrected chi connectivity index (χ3v) is 7.99. The first kappa shape index (κ1) is 30.7. The molecule has 11 heteroatoms. The number of nitrogens with one attached hydrogen (secondary N) is 1. The third kappa shape index (κ3) is 8.01. The number of hydrogen-bond acceptors (Lipinski definition) is 6. The van der Waals surface area contributed by atoms with Crippen LogP contribution in [0.5, 0.6) is 0 Å². The molecule has 4 aromatic rings. The zero-order chi connectivity index (χ0) is 30.3. The predicted octanol–water partition coefficient (Wildman–Crippen LogP) is 6.08. The molecule has 3 N–H and O–H groups in total. The van der Waals surface area contributed by atoms with Gasteiger partial charge in [0.1, 0.15) is 5.15 Å². The number of aromatic nitrogens is 2. The summed E-state index contributed by atoms with van der Waals surface area (Å²) in [6.07, 6.45) is 0.684. The molecule has 1 amide bonds. The first-order chi connectivity index (χ1) is 20.8. The highest BCUT2D eigenvalue weighted by molar-refractivity contribution is 6.40. The monoisotopic (exact) mass is 623 g/mol. The van der Waals surface area contributed by atoms with Crippen molar-refractivity contribution >= 4 is 35.1 Å². The number of aliphatic carboxylic acids is 1. The fourth-order valence-corrected chi connectivity index (χ4v) is 5.27. The number of carbonyl (C=O) groups excluding carboxylic acids is 1. The molecule has 1 fully saturated rings. The lowest BCUT2D eigenvalue weighted by Crippen LogP contribution is -2.32. The largest absolute Gasteiger partial charge is 0.481 e. The smallest absolute Gasteiger partial charge is 0.303 e.